The van der Waals surface area contributed by atoms with E-state index in [0.717, 1.165) is 15.7 Å². The van der Waals surface area contributed by atoms with Gasteiger partial charge >= 0.3 is 0 Å². The van der Waals surface area contributed by atoms with Gasteiger partial charge in [-0.1, -0.05) is 28.1 Å². The van der Waals surface area contributed by atoms with E-state index in [1.54, 1.807) is 6.20 Å². The molecule has 0 saturated carbocycles. The third-order valence-corrected chi connectivity index (χ3v) is 3.61. The first-order valence-corrected chi connectivity index (χ1v) is 7.09. The standard InChI is InChI=1S/C16H14BrN3/c1-10-6-15(18)16(19-9-10)20-14-5-3-11-7-13(17)4-2-12(11)8-14/h2-9H,18H2,1H3,(H,19,20). The van der Waals surface area contributed by atoms with Crippen LogP contribution in [0.4, 0.5) is 17.2 Å². The summed E-state index contributed by atoms with van der Waals surface area (Å²) in [6.45, 7) is 1.97. The number of anilines is 3. The van der Waals surface area contributed by atoms with Gasteiger partial charge in [-0.3, -0.25) is 0 Å². The smallest absolute Gasteiger partial charge is 0.153 e. The second-order valence-corrected chi connectivity index (χ2v) is 5.70. The predicted molar refractivity (Wildman–Crippen MR) is 88.3 cm³/mol. The van der Waals surface area contributed by atoms with Crippen LogP contribution in [-0.2, 0) is 0 Å². The Balaban J connectivity index is 1.96. The van der Waals surface area contributed by atoms with E-state index in [0.29, 0.717) is 11.5 Å². The number of aryl methyl sites for hydroxylation is 1. The molecule has 0 amide bonds. The van der Waals surface area contributed by atoms with Crippen molar-refractivity contribution >= 4 is 43.9 Å². The van der Waals surface area contributed by atoms with Crippen molar-refractivity contribution in [2.24, 2.45) is 0 Å². The molecule has 0 atom stereocenters. The van der Waals surface area contributed by atoms with E-state index in [1.165, 1.54) is 10.8 Å². The van der Waals surface area contributed by atoms with Gasteiger partial charge in [-0.05, 0) is 53.6 Å². The zero-order valence-electron chi connectivity index (χ0n) is 11.0. The summed E-state index contributed by atoms with van der Waals surface area (Å²) in [7, 11) is 0. The minimum absolute atomic E-state index is 0.654. The average Bonchev–Trinajstić information content (AvgIpc) is 2.42. The van der Waals surface area contributed by atoms with Gasteiger partial charge in [-0.2, -0.15) is 0 Å². The number of aromatic nitrogens is 1. The number of nitrogens with two attached hydrogens (primary N) is 1. The molecular formula is C16H14BrN3. The largest absolute Gasteiger partial charge is 0.396 e. The Bertz CT molecular complexity index is 784. The highest BCUT2D eigenvalue weighted by molar-refractivity contribution is 9.10. The van der Waals surface area contributed by atoms with E-state index in [4.69, 9.17) is 5.73 Å². The van der Waals surface area contributed by atoms with Crippen molar-refractivity contribution in [3.8, 4) is 0 Å². The highest BCUT2D eigenvalue weighted by Gasteiger charge is 2.03. The van der Waals surface area contributed by atoms with E-state index < -0.39 is 0 Å². The van der Waals surface area contributed by atoms with E-state index in [1.807, 2.05) is 25.1 Å². The Morgan fingerprint density at radius 3 is 2.60 bits per heavy atom. The van der Waals surface area contributed by atoms with Crippen LogP contribution in [0, 0.1) is 6.92 Å². The van der Waals surface area contributed by atoms with Gasteiger partial charge in [0.15, 0.2) is 5.82 Å². The van der Waals surface area contributed by atoms with Gasteiger partial charge in [-0.25, -0.2) is 4.98 Å². The fourth-order valence-electron chi connectivity index (χ4n) is 2.13. The lowest BCUT2D eigenvalue weighted by Gasteiger charge is -2.10. The first-order valence-electron chi connectivity index (χ1n) is 6.30. The molecule has 3 nitrogen and oxygen atoms in total. The molecule has 20 heavy (non-hydrogen) atoms. The molecule has 3 aromatic rings. The second-order valence-electron chi connectivity index (χ2n) is 4.78. The van der Waals surface area contributed by atoms with Crippen LogP contribution in [0.2, 0.25) is 0 Å². The Hall–Kier alpha value is -2.07. The summed E-state index contributed by atoms with van der Waals surface area (Å²) in [5.74, 6) is 0.687. The molecular weight excluding hydrogens is 314 g/mol. The van der Waals surface area contributed by atoms with Crippen LogP contribution in [-0.4, -0.2) is 4.98 Å². The van der Waals surface area contributed by atoms with Gasteiger partial charge in [0.05, 0.1) is 5.69 Å². The van der Waals surface area contributed by atoms with Gasteiger partial charge in [-0.15, -0.1) is 0 Å². The SMILES string of the molecule is Cc1cnc(Nc2ccc3cc(Br)ccc3c2)c(N)c1. The summed E-state index contributed by atoms with van der Waals surface area (Å²) in [5.41, 5.74) is 8.65. The van der Waals surface area contributed by atoms with Crippen LogP contribution in [0.5, 0.6) is 0 Å². The second kappa shape index (κ2) is 5.13. The van der Waals surface area contributed by atoms with Crippen molar-refractivity contribution < 1.29 is 0 Å². The maximum atomic E-state index is 5.97. The molecule has 4 heteroatoms. The van der Waals surface area contributed by atoms with Crippen molar-refractivity contribution in [2.45, 2.75) is 6.92 Å². The van der Waals surface area contributed by atoms with E-state index >= 15 is 0 Å². The van der Waals surface area contributed by atoms with Crippen molar-refractivity contribution in [3.05, 3.63) is 58.7 Å². The number of nitrogens with one attached hydrogen (secondary N) is 1. The molecule has 0 unspecified atom stereocenters. The number of nitrogen functional groups attached to an aromatic ring is 1. The van der Waals surface area contributed by atoms with Crippen molar-refractivity contribution in [2.75, 3.05) is 11.1 Å². The highest BCUT2D eigenvalue weighted by Crippen LogP contribution is 2.26. The number of halogens is 1. The molecule has 3 N–H and O–H groups in total. The average molecular weight is 328 g/mol. The van der Waals surface area contributed by atoms with Crippen LogP contribution in [0.3, 0.4) is 0 Å². The minimum Gasteiger partial charge on any atom is -0.396 e. The fraction of sp³-hybridized carbons (Fsp3) is 0.0625. The lowest BCUT2D eigenvalue weighted by Crippen LogP contribution is -1.99. The normalized spacial score (nSPS) is 10.7. The Morgan fingerprint density at radius 1 is 1.05 bits per heavy atom. The third-order valence-electron chi connectivity index (χ3n) is 3.12. The number of hydrogen-bond donors (Lipinski definition) is 2. The quantitative estimate of drug-likeness (QED) is 0.721. The summed E-state index contributed by atoms with van der Waals surface area (Å²) in [6.07, 6.45) is 1.80. The monoisotopic (exact) mass is 327 g/mol. The highest BCUT2D eigenvalue weighted by atomic mass is 79.9. The fourth-order valence-corrected chi connectivity index (χ4v) is 2.51. The molecule has 100 valence electrons. The maximum absolute atomic E-state index is 5.97. The van der Waals surface area contributed by atoms with Crippen LogP contribution >= 0.6 is 15.9 Å². The summed E-state index contributed by atoms with van der Waals surface area (Å²) >= 11 is 3.48. The van der Waals surface area contributed by atoms with Crippen molar-refractivity contribution in [1.82, 2.24) is 4.98 Å². The van der Waals surface area contributed by atoms with Crippen LogP contribution < -0.4 is 11.1 Å². The lowest BCUT2D eigenvalue weighted by atomic mass is 10.1. The molecule has 0 aliphatic carbocycles. The van der Waals surface area contributed by atoms with Crippen molar-refractivity contribution in [1.29, 1.82) is 0 Å². The summed E-state index contributed by atoms with van der Waals surface area (Å²) in [5, 5.41) is 5.62. The topological polar surface area (TPSA) is 50.9 Å². The molecule has 1 aromatic heterocycles. The Morgan fingerprint density at radius 2 is 1.80 bits per heavy atom. The van der Waals surface area contributed by atoms with E-state index in [2.05, 4.69) is 50.5 Å². The van der Waals surface area contributed by atoms with E-state index in [-0.39, 0.29) is 0 Å². The number of pyridine rings is 1. The maximum Gasteiger partial charge on any atom is 0.153 e. The number of rotatable bonds is 2. The van der Waals surface area contributed by atoms with Crippen LogP contribution in [0.1, 0.15) is 5.56 Å². The first-order chi connectivity index (χ1) is 9.61. The molecule has 0 aliphatic rings. The molecule has 0 fully saturated rings. The van der Waals surface area contributed by atoms with Crippen LogP contribution in [0.15, 0.2) is 53.1 Å². The zero-order valence-corrected chi connectivity index (χ0v) is 12.6. The third kappa shape index (κ3) is 2.60. The Labute approximate surface area is 126 Å². The van der Waals surface area contributed by atoms with Gasteiger partial charge in [0.1, 0.15) is 0 Å². The van der Waals surface area contributed by atoms with Crippen LogP contribution in [0.25, 0.3) is 10.8 Å². The van der Waals surface area contributed by atoms with Gasteiger partial charge in [0, 0.05) is 16.4 Å². The molecule has 0 aliphatic heterocycles. The number of nitrogens with zero attached hydrogens (tertiary/aromatic N) is 1. The van der Waals surface area contributed by atoms with Crippen molar-refractivity contribution in [3.63, 3.8) is 0 Å². The lowest BCUT2D eigenvalue weighted by molar-refractivity contribution is 1.26. The summed E-state index contributed by atoms with van der Waals surface area (Å²) in [4.78, 5) is 4.32. The summed E-state index contributed by atoms with van der Waals surface area (Å²) < 4.78 is 1.08. The minimum atomic E-state index is 0.654. The zero-order chi connectivity index (χ0) is 14.1. The van der Waals surface area contributed by atoms with Gasteiger partial charge in [0.25, 0.3) is 0 Å². The molecule has 0 spiro atoms. The molecule has 0 radical (unpaired) electrons. The van der Waals surface area contributed by atoms with Gasteiger partial charge < -0.3 is 11.1 Å². The summed E-state index contributed by atoms with van der Waals surface area (Å²) in [6, 6.07) is 14.3. The molecule has 3 rings (SSSR count). The molecule has 2 aromatic carbocycles. The number of benzene rings is 2. The number of fused-ring (bicyclic) bond motifs is 1. The van der Waals surface area contributed by atoms with E-state index in [9.17, 15) is 0 Å². The molecule has 0 bridgehead atoms. The predicted octanol–water partition coefficient (Wildman–Crippen LogP) is 4.63. The number of hydrogen-bond acceptors (Lipinski definition) is 3. The molecule has 1 heterocycles. The first kappa shape index (κ1) is 12.9. The molecule has 0 saturated heterocycles. The van der Waals surface area contributed by atoms with Gasteiger partial charge in [0.2, 0.25) is 0 Å². The Kier molecular flexibility index (Phi) is 3.32.